The highest BCUT2D eigenvalue weighted by atomic mass is 16.8. The maximum atomic E-state index is 13.1. The van der Waals surface area contributed by atoms with Gasteiger partial charge in [0, 0.05) is 6.42 Å². The molecular weight excluding hydrogens is 891 g/mol. The number of hydrogen-bond donors (Lipinski definition) is 12. The number of amides is 1. The van der Waals surface area contributed by atoms with Crippen LogP contribution in [0.4, 0.5) is 0 Å². The largest absolute Gasteiger partial charge is 0.394 e. The molecule has 0 radical (unpaired) electrons. The summed E-state index contributed by atoms with van der Waals surface area (Å²) in [5, 5.41) is 119. The Morgan fingerprint density at radius 1 is 0.544 bits per heavy atom. The zero-order chi connectivity index (χ0) is 49.8. The van der Waals surface area contributed by atoms with Crippen molar-refractivity contribution in [2.24, 2.45) is 0 Å². The first-order chi connectivity index (χ1) is 32.8. The van der Waals surface area contributed by atoms with Crippen molar-refractivity contribution in [1.82, 2.24) is 5.32 Å². The molecule has 0 aliphatic carbocycles. The number of unbranched alkanes of at least 4 members (excludes halogenated alkanes) is 8. The van der Waals surface area contributed by atoms with Crippen LogP contribution in [0.15, 0.2) is 60.8 Å². The summed E-state index contributed by atoms with van der Waals surface area (Å²) < 4.78 is 34.0. The zero-order valence-electron chi connectivity index (χ0n) is 39.8. The molecule has 3 aliphatic heterocycles. The van der Waals surface area contributed by atoms with E-state index in [0.717, 1.165) is 44.9 Å². The quantitative estimate of drug-likeness (QED) is 0.0330. The first-order valence-electron chi connectivity index (χ1n) is 24.5. The Balaban J connectivity index is 1.60. The predicted octanol–water partition coefficient (Wildman–Crippen LogP) is 0.969. The smallest absolute Gasteiger partial charge is 0.220 e. The highest BCUT2D eigenvalue weighted by molar-refractivity contribution is 5.76. The highest BCUT2D eigenvalue weighted by Gasteiger charge is 2.53. The lowest BCUT2D eigenvalue weighted by molar-refractivity contribution is -0.379. The molecule has 392 valence electrons. The fraction of sp³-hybridized carbons (Fsp3) is 0.776. The topological polar surface area (TPSA) is 307 Å². The number of nitrogens with one attached hydrogen (secondary N) is 1. The summed E-state index contributed by atoms with van der Waals surface area (Å²) in [6.07, 6.45) is 6.90. The molecule has 19 heteroatoms. The molecule has 19 nitrogen and oxygen atoms in total. The molecule has 12 N–H and O–H groups in total. The van der Waals surface area contributed by atoms with Crippen molar-refractivity contribution in [1.29, 1.82) is 0 Å². The van der Waals surface area contributed by atoms with E-state index in [0.29, 0.717) is 12.8 Å². The minimum absolute atomic E-state index is 0.119. The second-order valence-electron chi connectivity index (χ2n) is 17.5. The summed E-state index contributed by atoms with van der Waals surface area (Å²) in [6, 6.07) is -1.01. The first kappa shape index (κ1) is 59.8. The van der Waals surface area contributed by atoms with Gasteiger partial charge in [0.15, 0.2) is 18.9 Å². The van der Waals surface area contributed by atoms with Gasteiger partial charge in [0.05, 0.1) is 38.6 Å². The van der Waals surface area contributed by atoms with Gasteiger partial charge in [-0.15, -0.1) is 0 Å². The van der Waals surface area contributed by atoms with Crippen molar-refractivity contribution in [3.63, 3.8) is 0 Å². The summed E-state index contributed by atoms with van der Waals surface area (Å²) in [6.45, 7) is 1.46. The molecule has 1 amide bonds. The third kappa shape index (κ3) is 19.9. The van der Waals surface area contributed by atoms with Crippen LogP contribution >= 0.6 is 0 Å². The van der Waals surface area contributed by atoms with E-state index in [1.165, 1.54) is 32.1 Å². The fourth-order valence-corrected chi connectivity index (χ4v) is 7.96. The molecule has 68 heavy (non-hydrogen) atoms. The van der Waals surface area contributed by atoms with E-state index in [1.807, 2.05) is 18.2 Å². The lowest BCUT2D eigenvalue weighted by Crippen LogP contribution is -2.66. The predicted molar refractivity (Wildman–Crippen MR) is 249 cm³/mol. The van der Waals surface area contributed by atoms with Crippen LogP contribution in [0.1, 0.15) is 110 Å². The number of carbonyl (C=O) groups is 1. The third-order valence-corrected chi connectivity index (χ3v) is 12.1. The Kier molecular flexibility index (Phi) is 29.9. The van der Waals surface area contributed by atoms with Gasteiger partial charge in [-0.05, 0) is 44.9 Å². The van der Waals surface area contributed by atoms with Crippen molar-refractivity contribution >= 4 is 5.91 Å². The van der Waals surface area contributed by atoms with E-state index in [-0.39, 0.29) is 18.9 Å². The van der Waals surface area contributed by atoms with E-state index >= 15 is 0 Å². The van der Waals surface area contributed by atoms with Gasteiger partial charge in [0.25, 0.3) is 0 Å². The van der Waals surface area contributed by atoms with Crippen LogP contribution < -0.4 is 5.32 Å². The van der Waals surface area contributed by atoms with E-state index in [9.17, 15) is 61.0 Å². The Hall–Kier alpha value is -2.51. The van der Waals surface area contributed by atoms with Crippen LogP contribution in [-0.4, -0.2) is 193 Å². The Labute approximate surface area is 401 Å². The number of aliphatic hydroxyl groups excluding tert-OH is 11. The minimum Gasteiger partial charge on any atom is -0.394 e. The molecule has 3 heterocycles. The zero-order valence-corrected chi connectivity index (χ0v) is 39.8. The first-order valence-corrected chi connectivity index (χ1v) is 24.5. The van der Waals surface area contributed by atoms with Crippen molar-refractivity contribution in [3.8, 4) is 0 Å². The number of allylic oxidation sites excluding steroid dienone is 9. The molecule has 0 bridgehead atoms. The van der Waals surface area contributed by atoms with Gasteiger partial charge in [0.1, 0.15) is 73.2 Å². The average Bonchev–Trinajstić information content (AvgIpc) is 3.33. The SMILES string of the molecule is CC/C=C\C/C=C\C/C=C\C/C=C\CCC(=O)NC(COC1OC(CO)C(OC2OC(CO)C(OC3OC(CO)C(O)C(O)C3O)C(O)C2O)C(O)C1O)C(O)/C=C/CCCCCCCCCC. The Morgan fingerprint density at radius 2 is 1.01 bits per heavy atom. The van der Waals surface area contributed by atoms with Crippen LogP contribution in [0.25, 0.3) is 0 Å². The van der Waals surface area contributed by atoms with Crippen LogP contribution in [-0.2, 0) is 33.2 Å². The maximum Gasteiger partial charge on any atom is 0.220 e. The van der Waals surface area contributed by atoms with Gasteiger partial charge in [-0.25, -0.2) is 0 Å². The highest BCUT2D eigenvalue weighted by Crippen LogP contribution is 2.33. The molecule has 0 spiro atoms. The molecule has 3 saturated heterocycles. The summed E-state index contributed by atoms with van der Waals surface area (Å²) in [7, 11) is 0. The Bertz CT molecular complexity index is 1490. The fourth-order valence-electron chi connectivity index (χ4n) is 7.96. The molecule has 17 atom stereocenters. The number of hydrogen-bond acceptors (Lipinski definition) is 18. The number of ether oxygens (including phenoxy) is 6. The lowest BCUT2D eigenvalue weighted by Gasteiger charge is -2.48. The molecule has 3 rings (SSSR count). The molecule has 3 aliphatic rings. The van der Waals surface area contributed by atoms with Crippen molar-refractivity contribution in [2.45, 2.75) is 214 Å². The standard InChI is InChI=1S/C49H83NO18/c1-3-5-7-9-11-13-15-16-17-19-21-23-25-27-37(55)50-32(33(54)26-24-22-20-18-14-12-10-8-6-4-2)31-63-47-43(61)40(58)45(35(29-52)65-47)68-49-44(62)41(59)46(36(30-53)66-49)67-48-42(60)39(57)38(56)34(28-51)64-48/h5,7,11,13,16-17,21,23-24,26,32-36,38-49,51-54,56-62H,3-4,6,8-10,12,14-15,18-20,22,25,27-31H2,1-2H3,(H,50,55)/b7-5-,13-11-,17-16-,23-21-,26-24+. The summed E-state index contributed by atoms with van der Waals surface area (Å²) >= 11 is 0. The van der Waals surface area contributed by atoms with E-state index in [1.54, 1.807) is 6.08 Å². The maximum absolute atomic E-state index is 13.1. The van der Waals surface area contributed by atoms with Crippen LogP contribution in [0, 0.1) is 0 Å². The molecular formula is C49H83NO18. The van der Waals surface area contributed by atoms with Crippen molar-refractivity contribution < 1.29 is 89.4 Å². The summed E-state index contributed by atoms with van der Waals surface area (Å²) in [5.41, 5.74) is 0. The summed E-state index contributed by atoms with van der Waals surface area (Å²) in [5.74, 6) is -0.362. The van der Waals surface area contributed by atoms with Gasteiger partial charge >= 0.3 is 0 Å². The second kappa shape index (κ2) is 34.0. The molecule has 0 aromatic carbocycles. The number of rotatable bonds is 32. The van der Waals surface area contributed by atoms with Crippen LogP contribution in [0.2, 0.25) is 0 Å². The van der Waals surface area contributed by atoms with Crippen LogP contribution in [0.3, 0.4) is 0 Å². The van der Waals surface area contributed by atoms with Gasteiger partial charge < -0.3 is 89.9 Å². The van der Waals surface area contributed by atoms with Gasteiger partial charge in [-0.2, -0.15) is 0 Å². The molecule has 17 unspecified atom stereocenters. The normalized spacial score (nSPS) is 33.7. The Morgan fingerprint density at radius 3 is 1.56 bits per heavy atom. The monoisotopic (exact) mass is 974 g/mol. The second-order valence-corrected chi connectivity index (χ2v) is 17.5. The molecule has 0 saturated carbocycles. The molecule has 0 aromatic rings. The van der Waals surface area contributed by atoms with Crippen molar-refractivity contribution in [3.05, 3.63) is 60.8 Å². The number of carbonyl (C=O) groups excluding carboxylic acids is 1. The van der Waals surface area contributed by atoms with Gasteiger partial charge in [-0.3, -0.25) is 4.79 Å². The van der Waals surface area contributed by atoms with Crippen LogP contribution in [0.5, 0.6) is 0 Å². The average molecular weight is 974 g/mol. The summed E-state index contributed by atoms with van der Waals surface area (Å²) in [4.78, 5) is 13.1. The van der Waals surface area contributed by atoms with Crippen molar-refractivity contribution in [2.75, 3.05) is 26.4 Å². The lowest BCUT2D eigenvalue weighted by atomic mass is 9.96. The number of aliphatic hydroxyl groups is 11. The van der Waals surface area contributed by atoms with E-state index < -0.39 is 124 Å². The third-order valence-electron chi connectivity index (χ3n) is 12.1. The minimum atomic E-state index is -1.98. The van der Waals surface area contributed by atoms with E-state index in [2.05, 4.69) is 55.6 Å². The van der Waals surface area contributed by atoms with Gasteiger partial charge in [-0.1, -0.05) is 120 Å². The van der Waals surface area contributed by atoms with E-state index in [4.69, 9.17) is 28.4 Å². The molecule has 0 aromatic heterocycles. The molecule has 3 fully saturated rings. The van der Waals surface area contributed by atoms with Gasteiger partial charge in [0.2, 0.25) is 5.91 Å².